The van der Waals surface area contributed by atoms with E-state index in [4.69, 9.17) is 18.9 Å². The molecule has 0 amide bonds. The Morgan fingerprint density at radius 3 is 1.72 bits per heavy atom. The molecule has 0 aromatic heterocycles. The van der Waals surface area contributed by atoms with Crippen LogP contribution in [0.25, 0.3) is 0 Å². The fourth-order valence-corrected chi connectivity index (χ4v) is 4.30. The van der Waals surface area contributed by atoms with Crippen molar-refractivity contribution in [1.82, 2.24) is 0 Å². The van der Waals surface area contributed by atoms with Crippen LogP contribution in [0.15, 0.2) is 104 Å². The van der Waals surface area contributed by atoms with Crippen molar-refractivity contribution in [3.63, 3.8) is 0 Å². The molecule has 3 aromatic rings. The third kappa shape index (κ3) is 7.11. The SMILES string of the molecule is C=C[C@H](O)[C@@H]1O[C@H](COCc2ccccc2)[C@@H](OCc2ccccc2)[C@H](OCc2ccccc2)[C@H]1O. The molecule has 190 valence electrons. The van der Waals surface area contributed by atoms with E-state index >= 15 is 0 Å². The van der Waals surface area contributed by atoms with Gasteiger partial charge in [-0.25, -0.2) is 0 Å². The lowest BCUT2D eigenvalue weighted by molar-refractivity contribution is -0.272. The van der Waals surface area contributed by atoms with E-state index in [-0.39, 0.29) is 13.2 Å². The monoisotopic (exact) mass is 490 g/mol. The van der Waals surface area contributed by atoms with Crippen LogP contribution in [-0.4, -0.2) is 53.4 Å². The molecule has 1 aliphatic heterocycles. The molecular weight excluding hydrogens is 456 g/mol. The summed E-state index contributed by atoms with van der Waals surface area (Å²) in [5, 5.41) is 21.7. The van der Waals surface area contributed by atoms with Gasteiger partial charge in [-0.3, -0.25) is 0 Å². The van der Waals surface area contributed by atoms with Gasteiger partial charge in [0.1, 0.15) is 36.6 Å². The van der Waals surface area contributed by atoms with Gasteiger partial charge in [0.25, 0.3) is 0 Å². The van der Waals surface area contributed by atoms with Crippen molar-refractivity contribution in [3.05, 3.63) is 120 Å². The topological polar surface area (TPSA) is 77.4 Å². The number of hydrogen-bond donors (Lipinski definition) is 2. The standard InChI is InChI=1S/C30H34O6/c1-2-25(31)28-27(32)30(35-20-24-16-10-5-11-17-24)29(34-19-23-14-8-4-9-15-23)26(36-28)21-33-18-22-12-6-3-7-13-22/h2-17,25-32H,1,18-21H2/t25-,26+,27-,28-,29+,30+/m0/s1. The van der Waals surface area contributed by atoms with E-state index in [1.54, 1.807) is 0 Å². The van der Waals surface area contributed by atoms with Gasteiger partial charge in [0.15, 0.2) is 0 Å². The van der Waals surface area contributed by atoms with Gasteiger partial charge in [0, 0.05) is 0 Å². The Morgan fingerprint density at radius 1 is 0.750 bits per heavy atom. The Labute approximate surface area is 212 Å². The average Bonchev–Trinajstić information content (AvgIpc) is 2.93. The molecule has 3 aromatic carbocycles. The fraction of sp³-hybridized carbons (Fsp3) is 0.333. The maximum Gasteiger partial charge on any atom is 0.116 e. The molecule has 1 heterocycles. The Balaban J connectivity index is 1.53. The molecule has 0 unspecified atom stereocenters. The van der Waals surface area contributed by atoms with Crippen LogP contribution in [0, 0.1) is 0 Å². The van der Waals surface area contributed by atoms with Crippen molar-refractivity contribution >= 4 is 0 Å². The van der Waals surface area contributed by atoms with E-state index in [0.29, 0.717) is 13.2 Å². The van der Waals surface area contributed by atoms with Gasteiger partial charge < -0.3 is 29.2 Å². The zero-order valence-electron chi connectivity index (χ0n) is 20.3. The second-order valence-electron chi connectivity index (χ2n) is 8.88. The summed E-state index contributed by atoms with van der Waals surface area (Å²) in [7, 11) is 0. The van der Waals surface area contributed by atoms with E-state index in [1.165, 1.54) is 6.08 Å². The molecule has 0 aliphatic carbocycles. The van der Waals surface area contributed by atoms with Crippen LogP contribution in [0.1, 0.15) is 16.7 Å². The quantitative estimate of drug-likeness (QED) is 0.373. The fourth-order valence-electron chi connectivity index (χ4n) is 4.30. The predicted molar refractivity (Wildman–Crippen MR) is 137 cm³/mol. The molecule has 6 heteroatoms. The van der Waals surface area contributed by atoms with Crippen LogP contribution >= 0.6 is 0 Å². The lowest BCUT2D eigenvalue weighted by Crippen LogP contribution is -2.62. The Morgan fingerprint density at radius 2 is 1.22 bits per heavy atom. The van der Waals surface area contributed by atoms with Gasteiger partial charge in [0.2, 0.25) is 0 Å². The largest absolute Gasteiger partial charge is 0.387 e. The van der Waals surface area contributed by atoms with E-state index < -0.39 is 36.6 Å². The van der Waals surface area contributed by atoms with Gasteiger partial charge >= 0.3 is 0 Å². The summed E-state index contributed by atoms with van der Waals surface area (Å²) in [6.45, 7) is 4.87. The van der Waals surface area contributed by atoms with E-state index in [1.807, 2.05) is 91.0 Å². The highest BCUT2D eigenvalue weighted by molar-refractivity contribution is 5.15. The van der Waals surface area contributed by atoms with Crippen molar-refractivity contribution in [1.29, 1.82) is 0 Å². The normalized spacial score (nSPS) is 24.8. The summed E-state index contributed by atoms with van der Waals surface area (Å²) < 4.78 is 24.7. The molecule has 1 aliphatic rings. The van der Waals surface area contributed by atoms with Crippen LogP contribution in [-0.2, 0) is 38.8 Å². The number of benzene rings is 3. The van der Waals surface area contributed by atoms with Gasteiger partial charge in [-0.2, -0.15) is 0 Å². The Bertz CT molecular complexity index is 1030. The molecule has 6 nitrogen and oxygen atoms in total. The first kappa shape index (κ1) is 26.2. The van der Waals surface area contributed by atoms with Crippen LogP contribution in [0.2, 0.25) is 0 Å². The van der Waals surface area contributed by atoms with Crippen molar-refractivity contribution in [2.75, 3.05) is 6.61 Å². The number of aliphatic hydroxyl groups excluding tert-OH is 2. The molecule has 4 rings (SSSR count). The number of rotatable bonds is 12. The summed E-state index contributed by atoms with van der Waals surface area (Å²) in [4.78, 5) is 0. The second-order valence-corrected chi connectivity index (χ2v) is 8.88. The summed E-state index contributed by atoms with van der Waals surface area (Å²) >= 11 is 0. The molecule has 1 saturated heterocycles. The van der Waals surface area contributed by atoms with Crippen molar-refractivity contribution < 1.29 is 29.2 Å². The number of hydrogen-bond acceptors (Lipinski definition) is 6. The smallest absolute Gasteiger partial charge is 0.116 e. The molecule has 1 fully saturated rings. The van der Waals surface area contributed by atoms with E-state index in [0.717, 1.165) is 16.7 Å². The molecule has 0 saturated carbocycles. The minimum Gasteiger partial charge on any atom is -0.387 e. The van der Waals surface area contributed by atoms with Crippen molar-refractivity contribution in [2.24, 2.45) is 0 Å². The van der Waals surface area contributed by atoms with Gasteiger partial charge in [-0.05, 0) is 16.7 Å². The van der Waals surface area contributed by atoms with Crippen LogP contribution in [0.4, 0.5) is 0 Å². The molecular formula is C30H34O6. The van der Waals surface area contributed by atoms with Crippen LogP contribution in [0.5, 0.6) is 0 Å². The first-order valence-corrected chi connectivity index (χ1v) is 12.2. The first-order valence-electron chi connectivity index (χ1n) is 12.2. The Kier molecular flexibility index (Phi) is 9.81. The average molecular weight is 491 g/mol. The third-order valence-electron chi connectivity index (χ3n) is 6.24. The molecule has 2 N–H and O–H groups in total. The van der Waals surface area contributed by atoms with Gasteiger partial charge in [0.05, 0.1) is 26.4 Å². The van der Waals surface area contributed by atoms with Gasteiger partial charge in [-0.15, -0.1) is 6.58 Å². The lowest BCUT2D eigenvalue weighted by Gasteiger charge is -2.45. The van der Waals surface area contributed by atoms with E-state index in [2.05, 4.69) is 6.58 Å². The minimum absolute atomic E-state index is 0.201. The lowest BCUT2D eigenvalue weighted by atomic mass is 9.91. The molecule has 0 spiro atoms. The molecule has 0 radical (unpaired) electrons. The highest BCUT2D eigenvalue weighted by Gasteiger charge is 2.48. The zero-order chi connectivity index (χ0) is 25.2. The first-order chi connectivity index (χ1) is 17.7. The predicted octanol–water partition coefficient (Wildman–Crippen LogP) is 4.05. The molecule has 36 heavy (non-hydrogen) atoms. The molecule has 0 bridgehead atoms. The maximum absolute atomic E-state index is 11.2. The summed E-state index contributed by atoms with van der Waals surface area (Å²) in [6, 6.07) is 29.4. The minimum atomic E-state index is -1.13. The van der Waals surface area contributed by atoms with Crippen molar-refractivity contribution in [3.8, 4) is 0 Å². The maximum atomic E-state index is 11.2. The molecule has 6 atom stereocenters. The second kappa shape index (κ2) is 13.5. The van der Waals surface area contributed by atoms with Crippen LogP contribution in [0.3, 0.4) is 0 Å². The highest BCUT2D eigenvalue weighted by Crippen LogP contribution is 2.30. The summed E-state index contributed by atoms with van der Waals surface area (Å²) in [6.07, 6.45) is -3.75. The van der Waals surface area contributed by atoms with E-state index in [9.17, 15) is 10.2 Å². The number of aliphatic hydroxyl groups is 2. The van der Waals surface area contributed by atoms with Crippen molar-refractivity contribution in [2.45, 2.75) is 56.4 Å². The third-order valence-corrected chi connectivity index (χ3v) is 6.24. The number of ether oxygens (including phenoxy) is 4. The highest BCUT2D eigenvalue weighted by atomic mass is 16.6. The summed E-state index contributed by atoms with van der Waals surface area (Å²) in [5.74, 6) is 0. The van der Waals surface area contributed by atoms with Gasteiger partial charge in [-0.1, -0.05) is 97.1 Å². The Hall–Kier alpha value is -2.84. The summed E-state index contributed by atoms with van der Waals surface area (Å²) in [5.41, 5.74) is 3.00. The van der Waals surface area contributed by atoms with Crippen LogP contribution < -0.4 is 0 Å². The zero-order valence-corrected chi connectivity index (χ0v) is 20.3.